The molecular formula is C10H16N4O3. The molecular weight excluding hydrogens is 224 g/mol. The second-order valence-electron chi connectivity index (χ2n) is 3.80. The van der Waals surface area contributed by atoms with Crippen molar-refractivity contribution in [1.82, 2.24) is 15.5 Å². The van der Waals surface area contributed by atoms with Crippen molar-refractivity contribution in [3.8, 4) is 0 Å². The van der Waals surface area contributed by atoms with Gasteiger partial charge < -0.3 is 10.4 Å². The third-order valence-corrected chi connectivity index (χ3v) is 2.33. The lowest BCUT2D eigenvalue weighted by Gasteiger charge is -2.09. The number of amides is 1. The number of carbonyl (C=O) groups excluding carboxylic acids is 1. The maximum absolute atomic E-state index is 11.5. The van der Waals surface area contributed by atoms with Gasteiger partial charge in [-0.2, -0.15) is 5.10 Å². The van der Waals surface area contributed by atoms with Gasteiger partial charge in [0.2, 0.25) is 5.91 Å². The molecule has 4 N–H and O–H groups in total. The molecule has 0 saturated carbocycles. The molecule has 1 aromatic rings. The molecule has 17 heavy (non-hydrogen) atoms. The van der Waals surface area contributed by atoms with Crippen LogP contribution >= 0.6 is 0 Å². The molecule has 0 radical (unpaired) electrons. The van der Waals surface area contributed by atoms with Gasteiger partial charge in [-0.1, -0.05) is 0 Å². The van der Waals surface area contributed by atoms with Gasteiger partial charge in [0.15, 0.2) is 0 Å². The average molecular weight is 240 g/mol. The first kappa shape index (κ1) is 13.2. The van der Waals surface area contributed by atoms with Crippen LogP contribution in [0.4, 0.5) is 5.69 Å². The van der Waals surface area contributed by atoms with Crippen LogP contribution < -0.4 is 10.6 Å². The number of carboxylic acid groups (broad SMARTS) is 1. The van der Waals surface area contributed by atoms with E-state index in [-0.39, 0.29) is 12.5 Å². The first-order valence-electron chi connectivity index (χ1n) is 5.19. The van der Waals surface area contributed by atoms with Crippen molar-refractivity contribution >= 4 is 17.6 Å². The van der Waals surface area contributed by atoms with Crippen molar-refractivity contribution in [3.63, 3.8) is 0 Å². The third kappa shape index (κ3) is 3.56. The SMILES string of the molecule is Cc1n[nH]c(C)c1NC(=O)CN[C@@H](C)C(=O)O. The molecule has 1 atom stereocenters. The van der Waals surface area contributed by atoms with Crippen molar-refractivity contribution < 1.29 is 14.7 Å². The fourth-order valence-corrected chi connectivity index (χ4v) is 1.25. The predicted octanol–water partition coefficient (Wildman–Crippen LogP) is 0.0277. The summed E-state index contributed by atoms with van der Waals surface area (Å²) in [5.74, 6) is -1.29. The smallest absolute Gasteiger partial charge is 0.320 e. The van der Waals surface area contributed by atoms with Gasteiger partial charge in [0.1, 0.15) is 6.04 Å². The summed E-state index contributed by atoms with van der Waals surface area (Å²) in [4.78, 5) is 22.1. The minimum Gasteiger partial charge on any atom is -0.480 e. The third-order valence-electron chi connectivity index (χ3n) is 2.33. The average Bonchev–Trinajstić information content (AvgIpc) is 2.57. The maximum Gasteiger partial charge on any atom is 0.320 e. The predicted molar refractivity (Wildman–Crippen MR) is 61.8 cm³/mol. The Morgan fingerprint density at radius 2 is 2.12 bits per heavy atom. The van der Waals surface area contributed by atoms with Gasteiger partial charge in [-0.25, -0.2) is 0 Å². The van der Waals surface area contributed by atoms with Crippen LogP contribution in [0.3, 0.4) is 0 Å². The first-order valence-corrected chi connectivity index (χ1v) is 5.19. The van der Waals surface area contributed by atoms with Crippen molar-refractivity contribution in [1.29, 1.82) is 0 Å². The Kier molecular flexibility index (Phi) is 4.22. The van der Waals surface area contributed by atoms with E-state index in [1.807, 2.05) is 0 Å². The molecule has 0 spiro atoms. The van der Waals surface area contributed by atoms with Crippen molar-refractivity contribution in [3.05, 3.63) is 11.4 Å². The number of nitrogens with one attached hydrogen (secondary N) is 3. The number of carboxylic acids is 1. The normalized spacial score (nSPS) is 12.2. The van der Waals surface area contributed by atoms with E-state index in [1.165, 1.54) is 6.92 Å². The number of hydrogen-bond acceptors (Lipinski definition) is 4. The Balaban J connectivity index is 2.48. The number of nitrogens with zero attached hydrogens (tertiary/aromatic N) is 1. The number of aromatic nitrogens is 2. The van der Waals surface area contributed by atoms with Crippen LogP contribution in [0.15, 0.2) is 0 Å². The molecule has 0 aliphatic carbocycles. The number of aryl methyl sites for hydroxylation is 2. The zero-order valence-electron chi connectivity index (χ0n) is 10.00. The van der Waals surface area contributed by atoms with Gasteiger partial charge in [0, 0.05) is 0 Å². The molecule has 7 heteroatoms. The molecule has 0 saturated heterocycles. The van der Waals surface area contributed by atoms with Crippen LogP contribution in [0, 0.1) is 13.8 Å². The molecule has 0 aliphatic heterocycles. The lowest BCUT2D eigenvalue weighted by atomic mass is 10.3. The lowest BCUT2D eigenvalue weighted by Crippen LogP contribution is -2.39. The van der Waals surface area contributed by atoms with Gasteiger partial charge in [0.05, 0.1) is 23.6 Å². The number of aliphatic carboxylic acids is 1. The number of anilines is 1. The molecule has 7 nitrogen and oxygen atoms in total. The molecule has 1 aromatic heterocycles. The Hall–Kier alpha value is -1.89. The summed E-state index contributed by atoms with van der Waals surface area (Å²) in [5, 5.41) is 20.6. The Morgan fingerprint density at radius 3 is 2.59 bits per heavy atom. The number of carbonyl (C=O) groups is 2. The zero-order chi connectivity index (χ0) is 13.0. The van der Waals surface area contributed by atoms with Crippen LogP contribution in [0.5, 0.6) is 0 Å². The van der Waals surface area contributed by atoms with Crippen LogP contribution in [-0.4, -0.2) is 39.8 Å². The fraction of sp³-hybridized carbons (Fsp3) is 0.500. The van der Waals surface area contributed by atoms with Gasteiger partial charge in [-0.3, -0.25) is 20.0 Å². The lowest BCUT2D eigenvalue weighted by molar-refractivity contribution is -0.139. The van der Waals surface area contributed by atoms with E-state index in [1.54, 1.807) is 13.8 Å². The molecule has 1 heterocycles. The summed E-state index contributed by atoms with van der Waals surface area (Å²) in [6.45, 7) is 4.98. The summed E-state index contributed by atoms with van der Waals surface area (Å²) >= 11 is 0. The number of aromatic amines is 1. The van der Waals surface area contributed by atoms with Crippen molar-refractivity contribution in [2.24, 2.45) is 0 Å². The van der Waals surface area contributed by atoms with Crippen molar-refractivity contribution in [2.75, 3.05) is 11.9 Å². The molecule has 0 unspecified atom stereocenters. The van der Waals surface area contributed by atoms with Gasteiger partial charge in [-0.05, 0) is 20.8 Å². The monoisotopic (exact) mass is 240 g/mol. The number of hydrogen-bond donors (Lipinski definition) is 4. The zero-order valence-corrected chi connectivity index (χ0v) is 10.00. The Bertz CT molecular complexity index is 408. The summed E-state index contributed by atoms with van der Waals surface area (Å²) in [5.41, 5.74) is 2.10. The highest BCUT2D eigenvalue weighted by atomic mass is 16.4. The van der Waals surface area contributed by atoms with E-state index in [2.05, 4.69) is 20.8 Å². The molecule has 0 fully saturated rings. The highest BCUT2D eigenvalue weighted by molar-refractivity contribution is 5.93. The second-order valence-corrected chi connectivity index (χ2v) is 3.80. The van der Waals surface area contributed by atoms with Crippen LogP contribution in [0.1, 0.15) is 18.3 Å². The molecule has 0 bridgehead atoms. The standard InChI is InChI=1S/C10H16N4O3/c1-5-9(6(2)14-13-5)12-8(15)4-11-7(3)10(16)17/h7,11H,4H2,1-3H3,(H,12,15)(H,13,14)(H,16,17)/t7-/m0/s1. The minimum absolute atomic E-state index is 0.0580. The highest BCUT2D eigenvalue weighted by Gasteiger charge is 2.13. The topological polar surface area (TPSA) is 107 Å². The largest absolute Gasteiger partial charge is 0.480 e. The van der Waals surface area contributed by atoms with Gasteiger partial charge in [0.25, 0.3) is 0 Å². The Labute approximate surface area is 98.6 Å². The second kappa shape index (κ2) is 5.44. The van der Waals surface area contributed by atoms with Crippen LogP contribution in [0.25, 0.3) is 0 Å². The van der Waals surface area contributed by atoms with E-state index in [4.69, 9.17) is 5.11 Å². The van der Waals surface area contributed by atoms with Crippen LogP contribution in [-0.2, 0) is 9.59 Å². The van der Waals surface area contributed by atoms with E-state index < -0.39 is 12.0 Å². The molecule has 1 amide bonds. The summed E-state index contributed by atoms with van der Waals surface area (Å²) < 4.78 is 0. The molecule has 1 rings (SSSR count). The summed E-state index contributed by atoms with van der Waals surface area (Å²) in [6, 6.07) is -0.757. The van der Waals surface area contributed by atoms with E-state index in [0.717, 1.165) is 5.69 Å². The minimum atomic E-state index is -0.992. The van der Waals surface area contributed by atoms with Crippen LogP contribution in [0.2, 0.25) is 0 Å². The molecule has 94 valence electrons. The summed E-state index contributed by atoms with van der Waals surface area (Å²) in [7, 11) is 0. The quantitative estimate of drug-likeness (QED) is 0.580. The van der Waals surface area contributed by atoms with E-state index in [9.17, 15) is 9.59 Å². The maximum atomic E-state index is 11.5. The number of H-pyrrole nitrogens is 1. The fourth-order valence-electron chi connectivity index (χ4n) is 1.25. The molecule has 0 aromatic carbocycles. The van der Waals surface area contributed by atoms with Gasteiger partial charge >= 0.3 is 5.97 Å². The number of rotatable bonds is 5. The van der Waals surface area contributed by atoms with Crippen molar-refractivity contribution in [2.45, 2.75) is 26.8 Å². The highest BCUT2D eigenvalue weighted by Crippen LogP contribution is 2.15. The molecule has 0 aliphatic rings. The van der Waals surface area contributed by atoms with E-state index >= 15 is 0 Å². The van der Waals surface area contributed by atoms with E-state index in [0.29, 0.717) is 11.4 Å². The first-order chi connectivity index (χ1) is 7.91. The summed E-state index contributed by atoms with van der Waals surface area (Å²) in [6.07, 6.45) is 0. The Morgan fingerprint density at radius 1 is 1.47 bits per heavy atom. The van der Waals surface area contributed by atoms with Gasteiger partial charge in [-0.15, -0.1) is 0 Å².